The molecule has 6 heteroatoms. The first-order chi connectivity index (χ1) is 17.1. The second-order valence-electron chi connectivity index (χ2n) is 9.69. The molecule has 4 nitrogen and oxygen atoms in total. The Morgan fingerprint density at radius 1 is 0.886 bits per heavy atom. The molecule has 1 aromatic rings. The van der Waals surface area contributed by atoms with Gasteiger partial charge in [0.15, 0.2) is 5.78 Å². The molecule has 0 saturated carbocycles. The summed E-state index contributed by atoms with van der Waals surface area (Å²) in [5.41, 5.74) is 2.80. The number of thioether (sulfide) groups is 2. The minimum Gasteiger partial charge on any atom is -0.293 e. The molecule has 0 radical (unpaired) electrons. The molecule has 35 heavy (non-hydrogen) atoms. The second kappa shape index (κ2) is 12.4. The monoisotopic (exact) mass is 511 g/mol. The van der Waals surface area contributed by atoms with E-state index in [0.717, 1.165) is 52.4 Å². The van der Waals surface area contributed by atoms with E-state index in [-0.39, 0.29) is 17.6 Å². The largest absolute Gasteiger partial charge is 0.293 e. The average Bonchev–Trinajstić information content (AvgIpc) is 3.11. The molecule has 1 aliphatic carbocycles. The third-order valence-electron chi connectivity index (χ3n) is 7.07. The zero-order chi connectivity index (χ0) is 24.8. The van der Waals surface area contributed by atoms with Crippen molar-refractivity contribution < 1.29 is 14.4 Å². The van der Waals surface area contributed by atoms with E-state index in [1.165, 1.54) is 55.2 Å². The fourth-order valence-corrected chi connectivity index (χ4v) is 7.57. The summed E-state index contributed by atoms with van der Waals surface area (Å²) in [5.74, 6) is 0.420. The van der Waals surface area contributed by atoms with Crippen molar-refractivity contribution in [3.8, 4) is 0 Å². The van der Waals surface area contributed by atoms with Crippen LogP contribution in [0.1, 0.15) is 83.6 Å². The van der Waals surface area contributed by atoms with Crippen LogP contribution in [0, 0.1) is 0 Å². The lowest BCUT2D eigenvalue weighted by atomic mass is 9.88. The van der Waals surface area contributed by atoms with Crippen molar-refractivity contribution in [2.75, 3.05) is 12.3 Å². The number of fused-ring (bicyclic) bond motifs is 2. The smallest absolute Gasteiger partial charge is 0.262 e. The predicted octanol–water partition coefficient (Wildman–Crippen LogP) is 6.88. The number of allylic oxidation sites excluding steroid dienone is 1. The summed E-state index contributed by atoms with van der Waals surface area (Å²) in [6, 6.07) is 8.07. The molecule has 0 bridgehead atoms. The van der Waals surface area contributed by atoms with Crippen molar-refractivity contribution in [1.29, 1.82) is 0 Å². The van der Waals surface area contributed by atoms with Gasteiger partial charge in [0.05, 0.1) is 16.4 Å². The van der Waals surface area contributed by atoms with Gasteiger partial charge in [-0.15, -0.1) is 11.8 Å². The van der Waals surface area contributed by atoms with Crippen LogP contribution in [-0.4, -0.2) is 40.0 Å². The lowest BCUT2D eigenvalue weighted by Gasteiger charge is -2.29. The first kappa shape index (κ1) is 26.3. The summed E-state index contributed by atoms with van der Waals surface area (Å²) in [6.45, 7) is 4.72. The Morgan fingerprint density at radius 3 is 2.31 bits per heavy atom. The van der Waals surface area contributed by atoms with Crippen molar-refractivity contribution in [2.24, 2.45) is 0 Å². The SMILES string of the molecule is CCCCCCCCCCSC1C(=O)C2=C(Sc3ccccc3C2)C2=C1C(=O)N(CCCC)C2=O. The van der Waals surface area contributed by atoms with Gasteiger partial charge in [-0.05, 0) is 30.2 Å². The second-order valence-corrected chi connectivity index (χ2v) is 12.0. The summed E-state index contributed by atoms with van der Waals surface area (Å²) in [6.07, 6.45) is 12.1. The molecule has 1 aromatic carbocycles. The van der Waals surface area contributed by atoms with Gasteiger partial charge in [-0.25, -0.2) is 0 Å². The summed E-state index contributed by atoms with van der Waals surface area (Å²) in [5, 5.41) is -0.553. The van der Waals surface area contributed by atoms with Gasteiger partial charge >= 0.3 is 0 Å². The highest BCUT2D eigenvalue weighted by Gasteiger charge is 2.50. The van der Waals surface area contributed by atoms with Crippen LogP contribution in [0.5, 0.6) is 0 Å². The third kappa shape index (κ3) is 5.64. The highest BCUT2D eigenvalue weighted by molar-refractivity contribution is 8.03. The van der Waals surface area contributed by atoms with Crippen molar-refractivity contribution in [3.05, 3.63) is 51.5 Å². The van der Waals surface area contributed by atoms with Gasteiger partial charge in [-0.3, -0.25) is 19.3 Å². The molecule has 0 saturated heterocycles. The van der Waals surface area contributed by atoms with E-state index in [9.17, 15) is 14.4 Å². The summed E-state index contributed by atoms with van der Waals surface area (Å²) in [7, 11) is 0. The number of nitrogens with zero attached hydrogens (tertiary/aromatic N) is 1. The van der Waals surface area contributed by atoms with Crippen molar-refractivity contribution in [1.82, 2.24) is 4.90 Å². The molecule has 0 aromatic heterocycles. The minimum atomic E-state index is -0.553. The molecular formula is C29H37NO3S2. The number of imide groups is 1. The molecule has 4 rings (SSSR count). The van der Waals surface area contributed by atoms with Crippen LogP contribution in [0.3, 0.4) is 0 Å². The van der Waals surface area contributed by atoms with Gasteiger partial charge in [0.25, 0.3) is 11.8 Å². The van der Waals surface area contributed by atoms with Gasteiger partial charge in [0, 0.05) is 28.3 Å². The summed E-state index contributed by atoms with van der Waals surface area (Å²) >= 11 is 3.06. The highest BCUT2D eigenvalue weighted by atomic mass is 32.2. The van der Waals surface area contributed by atoms with Crippen LogP contribution in [0.2, 0.25) is 0 Å². The number of hydrogen-bond acceptors (Lipinski definition) is 5. The third-order valence-corrected chi connectivity index (χ3v) is 9.65. The molecule has 0 fully saturated rings. The minimum absolute atomic E-state index is 0.0313. The zero-order valence-electron chi connectivity index (χ0n) is 21.1. The van der Waals surface area contributed by atoms with Crippen LogP contribution < -0.4 is 0 Å². The van der Waals surface area contributed by atoms with E-state index in [1.54, 1.807) is 11.8 Å². The summed E-state index contributed by atoms with van der Waals surface area (Å²) in [4.78, 5) is 43.9. The molecule has 1 unspecified atom stereocenters. The van der Waals surface area contributed by atoms with Gasteiger partial charge in [-0.1, -0.05) is 95.2 Å². The Morgan fingerprint density at radius 2 is 1.57 bits per heavy atom. The first-order valence-electron chi connectivity index (χ1n) is 13.3. The Bertz CT molecular complexity index is 1040. The summed E-state index contributed by atoms with van der Waals surface area (Å²) < 4.78 is 0. The van der Waals surface area contributed by atoms with Crippen LogP contribution in [0.15, 0.2) is 50.8 Å². The molecule has 2 aliphatic heterocycles. The predicted molar refractivity (Wildman–Crippen MR) is 146 cm³/mol. The fourth-order valence-electron chi connectivity index (χ4n) is 5.05. The fraction of sp³-hybridized carbons (Fsp3) is 0.552. The topological polar surface area (TPSA) is 54.5 Å². The normalized spacial score (nSPS) is 19.4. The Labute approximate surface area is 218 Å². The zero-order valence-corrected chi connectivity index (χ0v) is 22.7. The number of amides is 2. The van der Waals surface area contributed by atoms with Gasteiger partial charge < -0.3 is 0 Å². The van der Waals surface area contributed by atoms with Crippen LogP contribution >= 0.6 is 23.5 Å². The highest BCUT2D eigenvalue weighted by Crippen LogP contribution is 2.50. The molecule has 0 spiro atoms. The Kier molecular flexibility index (Phi) is 9.34. The van der Waals surface area contributed by atoms with E-state index in [4.69, 9.17) is 0 Å². The lowest BCUT2D eigenvalue weighted by Crippen LogP contribution is -2.35. The van der Waals surface area contributed by atoms with Gasteiger partial charge in [0.1, 0.15) is 0 Å². The van der Waals surface area contributed by atoms with Crippen LogP contribution in [-0.2, 0) is 20.8 Å². The standard InChI is InChI=1S/C29H37NO3S2/c1-3-5-7-8-9-10-11-14-18-34-27-24-23(28(32)30(29(24)33)17-6-4-2)26-21(25(27)31)19-20-15-12-13-16-22(20)35-26/h12-13,15-16,27H,3-11,14,17-19H2,1-2H3. The molecular weight excluding hydrogens is 474 g/mol. The number of Topliss-reactive ketones (excluding diaryl/α,β-unsaturated/α-hetero) is 1. The quantitative estimate of drug-likeness (QED) is 0.213. The average molecular weight is 512 g/mol. The number of carbonyl (C=O) groups excluding carboxylic acids is 3. The van der Waals surface area contributed by atoms with Gasteiger partial charge in [0.2, 0.25) is 0 Å². The van der Waals surface area contributed by atoms with E-state index in [2.05, 4.69) is 19.9 Å². The number of hydrogen-bond donors (Lipinski definition) is 0. The van der Waals surface area contributed by atoms with Crippen molar-refractivity contribution in [3.63, 3.8) is 0 Å². The molecule has 2 amide bonds. The van der Waals surface area contributed by atoms with Crippen LogP contribution in [0.25, 0.3) is 0 Å². The molecule has 188 valence electrons. The van der Waals surface area contributed by atoms with Gasteiger partial charge in [-0.2, -0.15) is 0 Å². The maximum atomic E-state index is 13.7. The Hall–Kier alpha value is -1.79. The van der Waals surface area contributed by atoms with E-state index in [1.807, 2.05) is 18.2 Å². The van der Waals surface area contributed by atoms with E-state index < -0.39 is 5.25 Å². The molecule has 1 atom stereocenters. The first-order valence-corrected chi connectivity index (χ1v) is 15.2. The van der Waals surface area contributed by atoms with E-state index >= 15 is 0 Å². The molecule has 3 aliphatic rings. The molecule has 2 heterocycles. The maximum absolute atomic E-state index is 13.7. The lowest BCUT2D eigenvalue weighted by molar-refractivity contribution is -0.137. The van der Waals surface area contributed by atoms with Crippen LogP contribution in [0.4, 0.5) is 0 Å². The van der Waals surface area contributed by atoms with Crippen molar-refractivity contribution in [2.45, 2.75) is 94.6 Å². The number of unbranched alkanes of at least 4 members (excludes halogenated alkanes) is 8. The number of carbonyl (C=O) groups is 3. The number of benzene rings is 1. The van der Waals surface area contributed by atoms with Crippen molar-refractivity contribution >= 4 is 41.1 Å². The van der Waals surface area contributed by atoms with E-state index in [0.29, 0.717) is 24.1 Å². The number of rotatable bonds is 13. The maximum Gasteiger partial charge on any atom is 0.262 e. The molecule has 0 N–H and O–H groups in total. The Balaban J connectivity index is 1.49. The number of ketones is 1.